The number of benzene rings is 2. The van der Waals surface area contributed by atoms with Crippen LogP contribution in [0.5, 0.6) is 0 Å². The van der Waals surface area contributed by atoms with Crippen LogP contribution in [0.3, 0.4) is 0 Å². The molecule has 1 aliphatic carbocycles. The second kappa shape index (κ2) is 10.4. The zero-order valence-electron chi connectivity index (χ0n) is 23.9. The molecule has 1 saturated carbocycles. The number of anilines is 2. The number of aromatic amines is 1. The van der Waals surface area contributed by atoms with Gasteiger partial charge in [0, 0.05) is 5.92 Å². The molecule has 0 aliphatic heterocycles. The lowest BCUT2D eigenvalue weighted by Gasteiger charge is -2.22. The fourth-order valence-corrected chi connectivity index (χ4v) is 5.36. The Labute approximate surface area is 233 Å². The highest BCUT2D eigenvalue weighted by Crippen LogP contribution is 2.51. The summed E-state index contributed by atoms with van der Waals surface area (Å²) in [5, 5.41) is 4.19. The van der Waals surface area contributed by atoms with Gasteiger partial charge in [-0.05, 0) is 71.2 Å². The van der Waals surface area contributed by atoms with Gasteiger partial charge in [-0.3, -0.25) is 14.2 Å². The molecule has 5 rings (SSSR count). The molecule has 4 N–H and O–H groups in total. The van der Waals surface area contributed by atoms with Gasteiger partial charge in [0.2, 0.25) is 0 Å². The molecule has 0 amide bonds. The van der Waals surface area contributed by atoms with Gasteiger partial charge in [-0.2, -0.15) is 0 Å². The van der Waals surface area contributed by atoms with E-state index in [1.165, 1.54) is 0 Å². The molecule has 1 fully saturated rings. The summed E-state index contributed by atoms with van der Waals surface area (Å²) in [4.78, 5) is 39.5. The van der Waals surface area contributed by atoms with Gasteiger partial charge < -0.3 is 15.8 Å². The van der Waals surface area contributed by atoms with Gasteiger partial charge in [0.25, 0.3) is 5.56 Å². The van der Waals surface area contributed by atoms with Gasteiger partial charge in [-0.25, -0.2) is 9.97 Å². The van der Waals surface area contributed by atoms with Gasteiger partial charge >= 0.3 is 11.9 Å². The maximum absolute atomic E-state index is 14.0. The molecule has 4 aromatic rings. The molecule has 9 heteroatoms. The fourth-order valence-electron chi connectivity index (χ4n) is 5.36. The minimum atomic E-state index is -0.555. The number of hydrogen-bond donors (Lipinski definition) is 2. The number of ether oxygens (including phenoxy) is 1. The largest absolute Gasteiger partial charge is 0.460 e. The number of aryl methyl sites for hydroxylation is 2. The highest BCUT2D eigenvalue weighted by molar-refractivity contribution is 5.81. The van der Waals surface area contributed by atoms with E-state index in [-0.39, 0.29) is 35.4 Å². The molecule has 9 nitrogen and oxygen atoms in total. The molecule has 40 heavy (non-hydrogen) atoms. The number of fused-ring (bicyclic) bond motifs is 1. The highest BCUT2D eigenvalue weighted by Gasteiger charge is 2.49. The standard InChI is InChI=1S/C31H36N6O3/c1-7-22(27-35-23-15-11-12-17(2)24(23)28(38)37(27)19-13-9-8-10-14-19)34-26-25(18(3)33-30(32)36-26)20-16-21(20)29(39)40-31(4,5)6/h8-15,20-22H,7,16H2,1-6H3,(H3,32,33,34,36)/p+1. The Morgan fingerprint density at radius 2 is 1.88 bits per heavy atom. The number of carbonyl (C=O) groups excluding carboxylic acids is 1. The highest BCUT2D eigenvalue weighted by atomic mass is 16.6. The van der Waals surface area contributed by atoms with E-state index >= 15 is 0 Å². The lowest BCUT2D eigenvalue weighted by atomic mass is 10.1. The number of H-pyrrole nitrogens is 1. The smallest absolute Gasteiger partial charge is 0.342 e. The van der Waals surface area contributed by atoms with E-state index in [1.807, 2.05) is 90.1 Å². The van der Waals surface area contributed by atoms with Crippen LogP contribution in [0.15, 0.2) is 53.3 Å². The first-order valence-corrected chi connectivity index (χ1v) is 13.7. The summed E-state index contributed by atoms with van der Waals surface area (Å²) in [6.07, 6.45) is 1.30. The molecule has 2 heterocycles. The maximum atomic E-state index is 14.0. The van der Waals surface area contributed by atoms with Crippen molar-refractivity contribution < 1.29 is 14.5 Å². The summed E-state index contributed by atoms with van der Waals surface area (Å²) in [6.45, 7) is 11.5. The number of para-hydroxylation sites is 1. The van der Waals surface area contributed by atoms with Crippen molar-refractivity contribution in [2.24, 2.45) is 5.92 Å². The normalized spacial score (nSPS) is 17.4. The van der Waals surface area contributed by atoms with Gasteiger partial charge in [0.1, 0.15) is 23.2 Å². The van der Waals surface area contributed by atoms with Crippen LogP contribution in [-0.4, -0.2) is 26.1 Å². The average molecular weight is 542 g/mol. The van der Waals surface area contributed by atoms with Crippen LogP contribution < -0.4 is 21.6 Å². The van der Waals surface area contributed by atoms with E-state index in [2.05, 4.69) is 15.3 Å². The molecule has 2 aromatic carbocycles. The van der Waals surface area contributed by atoms with E-state index in [4.69, 9.17) is 15.5 Å². The number of nitrogen functional groups attached to an aromatic ring is 1. The molecule has 2 aromatic heterocycles. The molecule has 0 radical (unpaired) electrons. The fraction of sp³-hybridized carbons (Fsp3) is 0.387. The first-order valence-electron chi connectivity index (χ1n) is 13.7. The molecule has 208 valence electrons. The first kappa shape index (κ1) is 27.3. The third-order valence-electron chi connectivity index (χ3n) is 7.26. The third-order valence-corrected chi connectivity index (χ3v) is 7.26. The van der Waals surface area contributed by atoms with Gasteiger partial charge in [-0.15, -0.1) is 4.98 Å². The number of aromatic nitrogens is 4. The molecule has 3 atom stereocenters. The lowest BCUT2D eigenvalue weighted by Crippen LogP contribution is -2.31. The van der Waals surface area contributed by atoms with E-state index in [0.717, 1.165) is 22.5 Å². The quantitative estimate of drug-likeness (QED) is 0.322. The predicted molar refractivity (Wildman–Crippen MR) is 155 cm³/mol. The zero-order chi connectivity index (χ0) is 28.8. The van der Waals surface area contributed by atoms with Crippen molar-refractivity contribution in [1.82, 2.24) is 14.5 Å². The number of carbonyl (C=O) groups is 1. The van der Waals surface area contributed by atoms with Crippen LogP contribution in [0.1, 0.15) is 75.1 Å². The van der Waals surface area contributed by atoms with Crippen molar-refractivity contribution in [3.8, 4) is 5.69 Å². The van der Waals surface area contributed by atoms with Gasteiger partial charge in [-0.1, -0.05) is 37.3 Å². The SMILES string of the molecule is CCC(Nc1[nH+]c(N)nc(C)c1C1CC1C(=O)OC(C)(C)C)c1nc2cccc(C)c2c(=O)n1-c1ccccc1. The van der Waals surface area contributed by atoms with Crippen molar-refractivity contribution in [2.75, 3.05) is 11.1 Å². The van der Waals surface area contributed by atoms with E-state index in [1.54, 1.807) is 4.57 Å². The Balaban J connectivity index is 1.60. The molecule has 1 aliphatic rings. The van der Waals surface area contributed by atoms with E-state index in [0.29, 0.717) is 35.4 Å². The Bertz CT molecular complexity index is 1640. The van der Waals surface area contributed by atoms with Crippen molar-refractivity contribution in [2.45, 2.75) is 71.9 Å². The molecule has 3 unspecified atom stereocenters. The van der Waals surface area contributed by atoms with Gasteiger partial charge in [0.05, 0.1) is 28.1 Å². The van der Waals surface area contributed by atoms with E-state index in [9.17, 15) is 9.59 Å². The summed E-state index contributed by atoms with van der Waals surface area (Å²) in [5.41, 5.74) is 9.38. The van der Waals surface area contributed by atoms with Crippen molar-refractivity contribution >= 4 is 28.6 Å². The van der Waals surface area contributed by atoms with Gasteiger partial charge in [0.15, 0.2) is 5.82 Å². The van der Waals surface area contributed by atoms with Crippen LogP contribution >= 0.6 is 0 Å². The molecular weight excluding hydrogens is 504 g/mol. The number of nitrogens with one attached hydrogen (secondary N) is 2. The summed E-state index contributed by atoms with van der Waals surface area (Å²) in [6, 6.07) is 14.9. The molecule has 0 bridgehead atoms. The summed E-state index contributed by atoms with van der Waals surface area (Å²) >= 11 is 0. The van der Waals surface area contributed by atoms with Crippen LogP contribution in [0, 0.1) is 19.8 Å². The Morgan fingerprint density at radius 3 is 2.55 bits per heavy atom. The molecule has 0 spiro atoms. The predicted octanol–water partition coefficient (Wildman–Crippen LogP) is 4.80. The third kappa shape index (κ3) is 5.28. The summed E-state index contributed by atoms with van der Waals surface area (Å²) < 4.78 is 7.34. The number of nitrogens with zero attached hydrogens (tertiary/aromatic N) is 3. The second-order valence-corrected chi connectivity index (χ2v) is 11.5. The summed E-state index contributed by atoms with van der Waals surface area (Å²) in [7, 11) is 0. The monoisotopic (exact) mass is 541 g/mol. The van der Waals surface area contributed by atoms with E-state index < -0.39 is 5.60 Å². The van der Waals surface area contributed by atoms with Crippen molar-refractivity contribution in [3.63, 3.8) is 0 Å². The number of esters is 1. The number of rotatable bonds is 7. The second-order valence-electron chi connectivity index (χ2n) is 11.5. The Morgan fingerprint density at radius 1 is 1.15 bits per heavy atom. The summed E-state index contributed by atoms with van der Waals surface area (Å²) in [5.74, 6) is 1.01. The molecule has 0 saturated heterocycles. The van der Waals surface area contributed by atoms with Crippen LogP contribution in [-0.2, 0) is 9.53 Å². The maximum Gasteiger partial charge on any atom is 0.342 e. The van der Waals surface area contributed by atoms with Crippen LogP contribution in [0.2, 0.25) is 0 Å². The number of hydrogen-bond acceptors (Lipinski definition) is 7. The minimum Gasteiger partial charge on any atom is -0.460 e. The average Bonchev–Trinajstić information content (AvgIpc) is 3.67. The zero-order valence-corrected chi connectivity index (χ0v) is 23.9. The number of nitrogens with two attached hydrogens (primary N) is 1. The molecular formula is C31H37N6O3+. The Hall–Kier alpha value is -4.27. The minimum absolute atomic E-state index is 0.0530. The van der Waals surface area contributed by atoms with Crippen LogP contribution in [0.25, 0.3) is 16.6 Å². The van der Waals surface area contributed by atoms with Crippen molar-refractivity contribution in [1.29, 1.82) is 0 Å². The lowest BCUT2D eigenvalue weighted by molar-refractivity contribution is -0.348. The Kier molecular flexibility index (Phi) is 7.08. The van der Waals surface area contributed by atoms with Crippen LogP contribution in [0.4, 0.5) is 11.8 Å². The first-order chi connectivity index (χ1) is 19.0. The van der Waals surface area contributed by atoms with Crippen molar-refractivity contribution in [3.05, 3.63) is 81.5 Å². The topological polar surface area (TPSA) is 126 Å².